The highest BCUT2D eigenvalue weighted by atomic mass is 31.3. The van der Waals surface area contributed by atoms with Crippen molar-refractivity contribution in [2.45, 2.75) is 232 Å². The summed E-state index contributed by atoms with van der Waals surface area (Å²) in [4.78, 5) is 31.0. The zero-order valence-electron chi connectivity index (χ0n) is 34.9. The van der Waals surface area contributed by atoms with Gasteiger partial charge >= 0.3 is 15.6 Å². The van der Waals surface area contributed by atoms with Crippen LogP contribution in [0.1, 0.15) is 226 Å². The third-order valence-electron chi connectivity index (χ3n) is 10.5. The second kappa shape index (κ2) is 39.9. The lowest BCUT2D eigenvalue weighted by Crippen LogP contribution is -2.46. The molecule has 13 heteroatoms. The number of phosphoric acid groups is 2. The van der Waals surface area contributed by atoms with E-state index in [1.807, 2.05) is 0 Å². The molecule has 0 fully saturated rings. The van der Waals surface area contributed by atoms with Crippen LogP contribution in [0.3, 0.4) is 0 Å². The average molecular weight is 819 g/mol. The van der Waals surface area contributed by atoms with Crippen LogP contribution in [0.4, 0.5) is 0 Å². The Morgan fingerprint density at radius 2 is 0.648 bits per heavy atom. The van der Waals surface area contributed by atoms with E-state index in [2.05, 4.69) is 18.2 Å². The zero-order valence-corrected chi connectivity index (χ0v) is 36.7. The molecule has 7 N–H and O–H groups in total. The highest BCUT2D eigenvalue weighted by Crippen LogP contribution is 2.53. The number of hydrogen-bond donors (Lipinski definition) is 7. The second-order valence-corrected chi connectivity index (χ2v) is 18.3. The maximum absolute atomic E-state index is 10.0. The molecule has 0 bridgehead atoms. The van der Waals surface area contributed by atoms with Gasteiger partial charge in [-0.05, 0) is 12.8 Å². The van der Waals surface area contributed by atoms with Crippen LogP contribution in [0.15, 0.2) is 0 Å². The third-order valence-corrected chi connectivity index (χ3v) is 12.2. The normalized spacial score (nSPS) is 12.9. The molecule has 0 radical (unpaired) electrons. The summed E-state index contributed by atoms with van der Waals surface area (Å²) in [5.74, 6) is 0. The summed E-state index contributed by atoms with van der Waals surface area (Å²) in [7, 11) is -10.1. The molecule has 0 rings (SSSR count). The molecule has 328 valence electrons. The van der Waals surface area contributed by atoms with Crippen molar-refractivity contribution < 1.29 is 53.1 Å². The third kappa shape index (κ3) is 40.3. The van der Waals surface area contributed by atoms with E-state index >= 15 is 0 Å². The fraction of sp³-hybridized carbons (Fsp3) is 1.00. The monoisotopic (exact) mass is 819 g/mol. The molecule has 0 aliphatic heterocycles. The summed E-state index contributed by atoms with van der Waals surface area (Å²) in [6.45, 7) is 4.53. The Hall–Kier alpha value is 0.100. The van der Waals surface area contributed by atoms with Gasteiger partial charge in [-0.15, -0.1) is 0 Å². The van der Waals surface area contributed by atoms with Gasteiger partial charge < -0.3 is 39.6 Å². The van der Waals surface area contributed by atoms with Crippen LogP contribution in [0, 0.1) is 5.41 Å². The Bertz CT molecular complexity index is 821. The molecular weight excluding hydrogens is 730 g/mol. The molecule has 1 unspecified atom stereocenters. The van der Waals surface area contributed by atoms with E-state index in [-0.39, 0.29) is 25.9 Å². The Morgan fingerprint density at radius 3 is 0.870 bits per heavy atom. The lowest BCUT2D eigenvalue weighted by Gasteiger charge is -2.36. The van der Waals surface area contributed by atoms with Crippen molar-refractivity contribution in [3.05, 3.63) is 0 Å². The van der Waals surface area contributed by atoms with E-state index in [9.17, 15) is 24.4 Å². The summed E-state index contributed by atoms with van der Waals surface area (Å²) in [6.07, 6.45) is 43.7. The average Bonchev–Trinajstić information content (AvgIpc) is 3.12. The van der Waals surface area contributed by atoms with E-state index < -0.39 is 21.1 Å². The van der Waals surface area contributed by atoms with Gasteiger partial charge in [-0.1, -0.05) is 213 Å². The number of ether oxygens (including phenoxy) is 1. The number of hydrogen-bond acceptors (Lipinski definition) is 7. The second-order valence-electron chi connectivity index (χ2n) is 15.7. The van der Waals surface area contributed by atoms with Gasteiger partial charge in [-0.2, -0.15) is 4.31 Å². The van der Waals surface area contributed by atoms with E-state index in [1.54, 1.807) is 0 Å². The van der Waals surface area contributed by atoms with Crippen LogP contribution >= 0.6 is 15.6 Å². The Labute approximate surface area is 331 Å². The summed E-state index contributed by atoms with van der Waals surface area (Å²) in [6, 6.07) is 0. The van der Waals surface area contributed by atoms with Gasteiger partial charge in [-0.3, -0.25) is 0 Å². The van der Waals surface area contributed by atoms with Gasteiger partial charge in [0.05, 0.1) is 31.3 Å². The number of aliphatic hydroxyl groups is 3. The van der Waals surface area contributed by atoms with Crippen LogP contribution < -0.4 is 0 Å². The van der Waals surface area contributed by atoms with Gasteiger partial charge in [0.25, 0.3) is 0 Å². The molecule has 54 heavy (non-hydrogen) atoms. The molecule has 0 aliphatic rings. The lowest BCUT2D eigenvalue weighted by molar-refractivity contribution is -0.117. The van der Waals surface area contributed by atoms with Crippen LogP contribution in [0.5, 0.6) is 0 Å². The van der Waals surface area contributed by atoms with Crippen LogP contribution in [0.25, 0.3) is 0 Å². The maximum atomic E-state index is 10.0. The first-order chi connectivity index (χ1) is 25.9. The van der Waals surface area contributed by atoms with Crippen molar-refractivity contribution in [2.75, 3.05) is 26.4 Å². The topological polar surface area (TPSA) is 194 Å². The predicted molar refractivity (Wildman–Crippen MR) is 222 cm³/mol. The number of unbranched alkanes of at least 4 members (excludes halogenated alkanes) is 30. The first-order valence-corrected chi connectivity index (χ1v) is 25.2. The van der Waals surface area contributed by atoms with Crippen LogP contribution in [-0.2, 0) is 18.2 Å². The smallest absolute Gasteiger partial charge is 0.396 e. The number of aliphatic hydroxyl groups excluding tert-OH is 3. The standard InChI is InChI=1S/C41H84O4.H4O7P2/c1-3-5-7-9-11-13-15-17-19-21-23-25-27-29-31-33-35-40(41(37-42,38-43)39-44)45-36-34-32-30-28-26-24-22-20-18-16-14-12-10-8-6-4-2;1-8(2,3)7-9(4,5)6/h40,42-44H,3-39H2,1-2H3;(H2,1,2,3)(H2,4,5,6). The molecule has 0 amide bonds. The minimum atomic E-state index is -5.05. The molecule has 0 aromatic heterocycles. The molecule has 0 saturated carbocycles. The van der Waals surface area contributed by atoms with E-state index in [1.165, 1.54) is 186 Å². The minimum absolute atomic E-state index is 0.234. The Balaban J connectivity index is 0. The van der Waals surface area contributed by atoms with Gasteiger partial charge in [0.2, 0.25) is 0 Å². The van der Waals surface area contributed by atoms with Gasteiger partial charge in [0.1, 0.15) is 0 Å². The van der Waals surface area contributed by atoms with Gasteiger partial charge in [0, 0.05) is 6.61 Å². The van der Waals surface area contributed by atoms with Crippen molar-refractivity contribution in [1.29, 1.82) is 0 Å². The van der Waals surface area contributed by atoms with Crippen LogP contribution in [0.2, 0.25) is 0 Å². The lowest BCUT2D eigenvalue weighted by atomic mass is 9.81. The predicted octanol–water partition coefficient (Wildman–Crippen LogP) is 11.4. The molecule has 0 aliphatic carbocycles. The first-order valence-electron chi connectivity index (χ1n) is 22.2. The molecular formula is C41H88O11P2. The summed E-state index contributed by atoms with van der Waals surface area (Å²) in [5.41, 5.74) is -0.940. The van der Waals surface area contributed by atoms with Crippen molar-refractivity contribution in [3.8, 4) is 0 Å². The molecule has 0 saturated heterocycles. The highest BCUT2D eigenvalue weighted by Gasteiger charge is 2.38. The largest absolute Gasteiger partial charge is 0.478 e. The van der Waals surface area contributed by atoms with E-state index in [0.29, 0.717) is 6.61 Å². The Kier molecular flexibility index (Phi) is 41.5. The van der Waals surface area contributed by atoms with E-state index in [0.717, 1.165) is 25.7 Å². The summed E-state index contributed by atoms with van der Waals surface area (Å²) >= 11 is 0. The quantitative estimate of drug-likeness (QED) is 0.0229. The fourth-order valence-electron chi connectivity index (χ4n) is 6.91. The van der Waals surface area contributed by atoms with Crippen molar-refractivity contribution in [3.63, 3.8) is 0 Å². The van der Waals surface area contributed by atoms with Crippen molar-refractivity contribution in [1.82, 2.24) is 0 Å². The van der Waals surface area contributed by atoms with Gasteiger partial charge in [0.15, 0.2) is 0 Å². The summed E-state index contributed by atoms with van der Waals surface area (Å²) < 4.78 is 28.5. The molecule has 0 heterocycles. The minimum Gasteiger partial charge on any atom is -0.396 e. The van der Waals surface area contributed by atoms with Crippen molar-refractivity contribution in [2.24, 2.45) is 5.41 Å². The fourth-order valence-corrected chi connectivity index (χ4v) is 8.02. The molecule has 0 spiro atoms. The summed E-state index contributed by atoms with van der Waals surface area (Å²) in [5, 5.41) is 30.1. The zero-order chi connectivity index (χ0) is 40.7. The number of rotatable bonds is 41. The maximum Gasteiger partial charge on any atom is 0.478 e. The van der Waals surface area contributed by atoms with Crippen LogP contribution in [-0.4, -0.2) is 67.4 Å². The molecule has 0 aromatic rings. The van der Waals surface area contributed by atoms with E-state index in [4.69, 9.17) is 24.3 Å². The Morgan fingerprint density at radius 1 is 0.407 bits per heavy atom. The molecule has 1 atom stereocenters. The van der Waals surface area contributed by atoms with Gasteiger partial charge in [-0.25, -0.2) is 9.13 Å². The SMILES string of the molecule is CCCCCCCCCCCCCCCCCCOC(CCCCCCCCCCCCCCCCCC)C(CO)(CO)CO.O=P(O)(O)OP(=O)(O)O. The molecule has 0 aromatic carbocycles. The molecule has 11 nitrogen and oxygen atoms in total. The first kappa shape index (κ1) is 56.2. The van der Waals surface area contributed by atoms with Crippen molar-refractivity contribution >= 4 is 15.6 Å². The highest BCUT2D eigenvalue weighted by molar-refractivity contribution is 7.60.